The van der Waals surface area contributed by atoms with Crippen LogP contribution in [0, 0.1) is 0 Å². The highest BCUT2D eigenvalue weighted by molar-refractivity contribution is 5.66. The molecule has 5 rings (SSSR count). The van der Waals surface area contributed by atoms with Crippen molar-refractivity contribution in [1.82, 2.24) is 24.3 Å². The minimum Gasteiger partial charge on any atom is -0.478 e. The molecular weight excluding hydrogens is 420 g/mol. The van der Waals surface area contributed by atoms with Crippen molar-refractivity contribution >= 4 is 34.6 Å². The molecule has 2 N–H and O–H groups in total. The number of imidazole rings is 1. The second kappa shape index (κ2) is 9.70. The van der Waals surface area contributed by atoms with Gasteiger partial charge in [0.15, 0.2) is 0 Å². The number of nitrogens with one attached hydrogen (secondary N) is 2. The number of rotatable bonds is 8. The minimum absolute atomic E-state index is 0.479. The van der Waals surface area contributed by atoms with Gasteiger partial charge in [0.25, 0.3) is 0 Å². The number of nitrogens with zero attached hydrogens (tertiary/aromatic N) is 6. The van der Waals surface area contributed by atoms with E-state index in [1.54, 1.807) is 12.4 Å². The molecule has 0 aliphatic carbocycles. The van der Waals surface area contributed by atoms with Gasteiger partial charge in [-0.2, -0.15) is 9.97 Å². The fraction of sp³-hybridized carbons (Fsp3) is 0.304. The van der Waals surface area contributed by atoms with E-state index >= 15 is 0 Å². The molecule has 0 bridgehead atoms. The van der Waals surface area contributed by atoms with E-state index in [1.165, 1.54) is 0 Å². The third-order valence-electron chi connectivity index (χ3n) is 5.16. The van der Waals surface area contributed by atoms with E-state index in [9.17, 15) is 0 Å². The Kier molecular flexibility index (Phi) is 6.16. The van der Waals surface area contributed by atoms with Gasteiger partial charge < -0.3 is 29.4 Å². The van der Waals surface area contributed by atoms with Crippen molar-refractivity contribution in [3.8, 4) is 5.88 Å². The molecule has 10 nitrogen and oxygen atoms in total. The summed E-state index contributed by atoms with van der Waals surface area (Å²) in [4.78, 5) is 20.3. The molecule has 1 fully saturated rings. The molecule has 4 aromatic heterocycles. The standard InChI is InChI=1S/C23H26N8O2/c1-2-11-33-22-4-3-18(16-25-22)27-23-28-19(15-21(29-23)31-9-12-32-13-10-31)26-17-5-7-30-8-6-24-20(30)14-17/h3-8,14-16H,2,9-13H2,1H3,(H2,26,27,28,29). The highest BCUT2D eigenvalue weighted by atomic mass is 16.5. The normalized spacial score (nSPS) is 13.8. The maximum atomic E-state index is 5.56. The van der Waals surface area contributed by atoms with Gasteiger partial charge in [-0.3, -0.25) is 0 Å². The molecule has 0 spiro atoms. The van der Waals surface area contributed by atoms with Crippen LogP contribution >= 0.6 is 0 Å². The number of hydrogen-bond donors (Lipinski definition) is 2. The quantitative estimate of drug-likeness (QED) is 0.420. The predicted molar refractivity (Wildman–Crippen MR) is 127 cm³/mol. The molecule has 0 unspecified atom stereocenters. The molecule has 4 aromatic rings. The number of fused-ring (bicyclic) bond motifs is 1. The van der Waals surface area contributed by atoms with Gasteiger partial charge >= 0.3 is 0 Å². The number of pyridine rings is 2. The van der Waals surface area contributed by atoms with E-state index in [4.69, 9.17) is 14.5 Å². The Bertz CT molecular complexity index is 1200. The van der Waals surface area contributed by atoms with Crippen molar-refractivity contribution in [2.75, 3.05) is 48.4 Å². The number of anilines is 5. The van der Waals surface area contributed by atoms with E-state index in [0.29, 0.717) is 37.5 Å². The average Bonchev–Trinajstić information content (AvgIpc) is 3.32. The molecule has 33 heavy (non-hydrogen) atoms. The maximum Gasteiger partial charge on any atom is 0.231 e. The van der Waals surface area contributed by atoms with Crippen molar-refractivity contribution in [3.05, 3.63) is 55.1 Å². The van der Waals surface area contributed by atoms with E-state index in [1.807, 2.05) is 47.1 Å². The van der Waals surface area contributed by atoms with Crippen molar-refractivity contribution < 1.29 is 9.47 Å². The number of morpholine rings is 1. The first-order valence-electron chi connectivity index (χ1n) is 11.0. The van der Waals surface area contributed by atoms with Crippen LogP contribution in [0.3, 0.4) is 0 Å². The largest absolute Gasteiger partial charge is 0.478 e. The Labute approximate surface area is 191 Å². The summed E-state index contributed by atoms with van der Waals surface area (Å²) in [6.07, 6.45) is 8.30. The van der Waals surface area contributed by atoms with Crippen LogP contribution in [-0.4, -0.2) is 57.2 Å². The Balaban J connectivity index is 1.40. The third-order valence-corrected chi connectivity index (χ3v) is 5.16. The summed E-state index contributed by atoms with van der Waals surface area (Å²) in [7, 11) is 0. The Morgan fingerprint density at radius 2 is 1.91 bits per heavy atom. The number of hydrogen-bond acceptors (Lipinski definition) is 9. The van der Waals surface area contributed by atoms with Crippen LogP contribution < -0.4 is 20.3 Å². The van der Waals surface area contributed by atoms with Gasteiger partial charge in [0.1, 0.15) is 17.3 Å². The lowest BCUT2D eigenvalue weighted by atomic mass is 10.3. The fourth-order valence-electron chi connectivity index (χ4n) is 3.52. The van der Waals surface area contributed by atoms with Gasteiger partial charge in [-0.15, -0.1) is 0 Å². The lowest BCUT2D eigenvalue weighted by Crippen LogP contribution is -2.36. The van der Waals surface area contributed by atoms with Crippen LogP contribution in [0.5, 0.6) is 5.88 Å². The molecule has 0 amide bonds. The predicted octanol–water partition coefficient (Wildman–Crippen LogP) is 3.63. The van der Waals surface area contributed by atoms with Crippen LogP contribution in [0.25, 0.3) is 5.65 Å². The van der Waals surface area contributed by atoms with Crippen LogP contribution in [0.1, 0.15) is 13.3 Å². The summed E-state index contributed by atoms with van der Waals surface area (Å²) < 4.78 is 13.0. The molecule has 5 heterocycles. The van der Waals surface area contributed by atoms with E-state index in [-0.39, 0.29) is 0 Å². The van der Waals surface area contributed by atoms with Gasteiger partial charge in [0, 0.05) is 55.6 Å². The number of ether oxygens (including phenoxy) is 2. The highest BCUT2D eigenvalue weighted by Gasteiger charge is 2.16. The van der Waals surface area contributed by atoms with Gasteiger partial charge in [-0.05, 0) is 18.6 Å². The smallest absolute Gasteiger partial charge is 0.231 e. The third kappa shape index (κ3) is 5.12. The van der Waals surface area contributed by atoms with Crippen molar-refractivity contribution in [1.29, 1.82) is 0 Å². The van der Waals surface area contributed by atoms with Gasteiger partial charge in [0.2, 0.25) is 11.8 Å². The van der Waals surface area contributed by atoms with Crippen molar-refractivity contribution in [3.63, 3.8) is 0 Å². The maximum absolute atomic E-state index is 5.56. The Morgan fingerprint density at radius 3 is 2.73 bits per heavy atom. The molecule has 170 valence electrons. The van der Waals surface area contributed by atoms with Crippen LogP contribution in [-0.2, 0) is 4.74 Å². The zero-order valence-corrected chi connectivity index (χ0v) is 18.4. The first-order valence-corrected chi connectivity index (χ1v) is 11.0. The average molecular weight is 447 g/mol. The molecule has 10 heteroatoms. The molecule has 1 saturated heterocycles. The van der Waals surface area contributed by atoms with E-state index in [2.05, 4.69) is 37.4 Å². The second-order valence-electron chi connectivity index (χ2n) is 7.63. The highest BCUT2D eigenvalue weighted by Crippen LogP contribution is 2.25. The molecule has 0 saturated carbocycles. The summed E-state index contributed by atoms with van der Waals surface area (Å²) >= 11 is 0. The fourth-order valence-corrected chi connectivity index (χ4v) is 3.52. The molecule has 1 aliphatic heterocycles. The SMILES string of the molecule is CCCOc1ccc(Nc2nc(Nc3ccn4ccnc4c3)cc(N3CCOCC3)n2)cn1. The zero-order valence-electron chi connectivity index (χ0n) is 18.4. The first-order chi connectivity index (χ1) is 16.3. The Morgan fingerprint density at radius 1 is 1.00 bits per heavy atom. The minimum atomic E-state index is 0.479. The van der Waals surface area contributed by atoms with Gasteiger partial charge in [-0.25, -0.2) is 9.97 Å². The van der Waals surface area contributed by atoms with Crippen LogP contribution in [0.4, 0.5) is 29.0 Å². The number of aromatic nitrogens is 5. The summed E-state index contributed by atoms with van der Waals surface area (Å²) in [5.74, 6) is 2.59. The lowest BCUT2D eigenvalue weighted by Gasteiger charge is -2.28. The summed E-state index contributed by atoms with van der Waals surface area (Å²) in [5.41, 5.74) is 2.53. The Hall–Kier alpha value is -3.92. The molecule has 0 radical (unpaired) electrons. The summed E-state index contributed by atoms with van der Waals surface area (Å²) in [6, 6.07) is 9.65. The summed E-state index contributed by atoms with van der Waals surface area (Å²) in [6.45, 7) is 5.62. The molecular formula is C23H26N8O2. The van der Waals surface area contributed by atoms with Crippen molar-refractivity contribution in [2.45, 2.75) is 13.3 Å². The van der Waals surface area contributed by atoms with Gasteiger partial charge in [0.05, 0.1) is 31.7 Å². The lowest BCUT2D eigenvalue weighted by molar-refractivity contribution is 0.122. The van der Waals surface area contributed by atoms with Gasteiger partial charge in [-0.1, -0.05) is 6.92 Å². The van der Waals surface area contributed by atoms with E-state index < -0.39 is 0 Å². The molecule has 1 aliphatic rings. The molecule has 0 atom stereocenters. The second-order valence-corrected chi connectivity index (χ2v) is 7.63. The van der Waals surface area contributed by atoms with Crippen LogP contribution in [0.2, 0.25) is 0 Å². The molecule has 0 aromatic carbocycles. The first kappa shape index (κ1) is 21.0. The monoisotopic (exact) mass is 446 g/mol. The van der Waals surface area contributed by atoms with E-state index in [0.717, 1.165) is 42.4 Å². The zero-order chi connectivity index (χ0) is 22.5. The van der Waals surface area contributed by atoms with Crippen molar-refractivity contribution in [2.24, 2.45) is 0 Å². The topological polar surface area (TPSA) is 102 Å². The summed E-state index contributed by atoms with van der Waals surface area (Å²) in [5, 5.41) is 6.65. The van der Waals surface area contributed by atoms with Crippen LogP contribution in [0.15, 0.2) is 55.1 Å².